The molecule has 0 aliphatic rings. The van der Waals surface area contributed by atoms with Crippen LogP contribution in [0.25, 0.3) is 22.5 Å². The van der Waals surface area contributed by atoms with Gasteiger partial charge in [-0.2, -0.15) is 0 Å². The fraction of sp³-hybridized carbons (Fsp3) is 0.163. The summed E-state index contributed by atoms with van der Waals surface area (Å²) in [5.74, 6) is 1.36. The van der Waals surface area contributed by atoms with Gasteiger partial charge in [0.1, 0.15) is 22.7 Å². The van der Waals surface area contributed by atoms with Crippen molar-refractivity contribution in [3.8, 4) is 22.5 Å². The van der Waals surface area contributed by atoms with Gasteiger partial charge in [-0.3, -0.25) is 0 Å². The first-order valence-electron chi connectivity index (χ1n) is 17.4. The van der Waals surface area contributed by atoms with Crippen molar-refractivity contribution < 1.29 is 9.53 Å². The molecule has 52 heavy (non-hydrogen) atoms. The number of rotatable bonds is 12. The maximum absolute atomic E-state index is 12.8. The van der Waals surface area contributed by atoms with E-state index in [9.17, 15) is 4.79 Å². The molecule has 7 rings (SSSR count). The number of aryl methyl sites for hydroxylation is 1. The summed E-state index contributed by atoms with van der Waals surface area (Å²) in [6, 6.07) is 47.9. The lowest BCUT2D eigenvalue weighted by Gasteiger charge is -2.36. The van der Waals surface area contributed by atoms with Crippen LogP contribution in [-0.4, -0.2) is 49.3 Å². The first kappa shape index (κ1) is 34.0. The number of hydrogen-bond donors (Lipinski definition) is 0. The van der Waals surface area contributed by atoms with Gasteiger partial charge in [0.25, 0.3) is 0 Å². The van der Waals surface area contributed by atoms with E-state index in [1.165, 1.54) is 0 Å². The number of carbonyl (C=O) groups is 1. The highest BCUT2D eigenvalue weighted by Crippen LogP contribution is 2.43. The molecule has 9 heteroatoms. The quantitative estimate of drug-likeness (QED) is 0.0939. The molecular formula is C43H39N7O2. The number of anilines is 1. The zero-order valence-electron chi connectivity index (χ0n) is 29.4. The van der Waals surface area contributed by atoms with Crippen LogP contribution in [0.5, 0.6) is 0 Å². The van der Waals surface area contributed by atoms with Crippen molar-refractivity contribution in [3.05, 3.63) is 179 Å². The molecule has 0 aliphatic carbocycles. The van der Waals surface area contributed by atoms with Crippen LogP contribution >= 0.6 is 0 Å². The van der Waals surface area contributed by atoms with Crippen molar-refractivity contribution >= 4 is 11.8 Å². The summed E-state index contributed by atoms with van der Waals surface area (Å²) >= 11 is 0. The van der Waals surface area contributed by atoms with Gasteiger partial charge in [-0.25, -0.2) is 19.4 Å². The Bertz CT molecular complexity index is 2160. The van der Waals surface area contributed by atoms with E-state index in [1.54, 1.807) is 13.1 Å². The Balaban J connectivity index is 1.30. The molecule has 0 N–H and O–H groups in total. The van der Waals surface area contributed by atoms with Gasteiger partial charge < -0.3 is 9.64 Å². The van der Waals surface area contributed by atoms with Crippen molar-refractivity contribution in [1.29, 1.82) is 0 Å². The third-order valence-corrected chi connectivity index (χ3v) is 9.23. The number of esters is 1. The molecule has 0 unspecified atom stereocenters. The van der Waals surface area contributed by atoms with Crippen molar-refractivity contribution in [2.24, 2.45) is 0 Å². The minimum absolute atomic E-state index is 0.277. The monoisotopic (exact) mass is 685 g/mol. The molecule has 7 aromatic rings. The minimum atomic E-state index is -0.870. The summed E-state index contributed by atoms with van der Waals surface area (Å²) in [5.41, 5.74) is 6.58. The van der Waals surface area contributed by atoms with Crippen LogP contribution in [0.2, 0.25) is 0 Å². The number of aromatic nitrogens is 6. The van der Waals surface area contributed by atoms with Gasteiger partial charge in [0.15, 0.2) is 5.82 Å². The molecule has 0 spiro atoms. The van der Waals surface area contributed by atoms with E-state index in [0.717, 1.165) is 38.9 Å². The standard InChI is InChI=1S/C43H39N7O2/c1-4-49(40-39(42(51)52-5-2)29-44-31(3)45-40)30-32-25-27-33(28-26-32)37-23-15-16-24-38(37)41-46-47-48-50(41)43(34-17-9-6-10-18-34,35-19-11-7-12-20-35)36-21-13-8-14-22-36/h6-29H,4-5,30H2,1-3H3. The lowest BCUT2D eigenvalue weighted by atomic mass is 9.77. The van der Waals surface area contributed by atoms with Gasteiger partial charge in [-0.15, -0.1) is 5.10 Å². The Kier molecular flexibility index (Phi) is 9.93. The second-order valence-electron chi connectivity index (χ2n) is 12.4. The molecule has 2 aromatic heterocycles. The predicted molar refractivity (Wildman–Crippen MR) is 203 cm³/mol. The molecule has 2 heterocycles. The Morgan fingerprint density at radius 1 is 0.731 bits per heavy atom. The lowest BCUT2D eigenvalue weighted by molar-refractivity contribution is 0.0526. The van der Waals surface area contributed by atoms with E-state index in [-0.39, 0.29) is 6.61 Å². The molecule has 0 atom stereocenters. The fourth-order valence-electron chi connectivity index (χ4n) is 6.81. The Labute approximate surface area is 303 Å². The average molecular weight is 686 g/mol. The SMILES string of the molecule is CCOC(=O)c1cnc(C)nc1N(CC)Cc1ccc(-c2ccccc2-c2nnnn2C(c2ccccc2)(c2ccccc2)c2ccccc2)cc1. The Morgan fingerprint density at radius 3 is 1.85 bits per heavy atom. The Hall–Kier alpha value is -6.48. The average Bonchev–Trinajstić information content (AvgIpc) is 3.69. The molecule has 0 fully saturated rings. The summed E-state index contributed by atoms with van der Waals surface area (Å²) < 4.78 is 7.27. The summed E-state index contributed by atoms with van der Waals surface area (Å²) in [6.45, 7) is 7.12. The van der Waals surface area contributed by atoms with Crippen LogP contribution in [0, 0.1) is 6.92 Å². The molecule has 0 saturated heterocycles. The Morgan fingerprint density at radius 2 is 1.29 bits per heavy atom. The van der Waals surface area contributed by atoms with Gasteiger partial charge in [-0.1, -0.05) is 140 Å². The highest BCUT2D eigenvalue weighted by molar-refractivity contribution is 5.94. The minimum Gasteiger partial charge on any atom is -0.462 e. The van der Waals surface area contributed by atoms with Crippen molar-refractivity contribution in [2.75, 3.05) is 18.1 Å². The van der Waals surface area contributed by atoms with E-state index in [4.69, 9.17) is 15.0 Å². The van der Waals surface area contributed by atoms with Crippen molar-refractivity contribution in [3.63, 3.8) is 0 Å². The van der Waals surface area contributed by atoms with E-state index in [0.29, 0.717) is 36.1 Å². The summed E-state index contributed by atoms with van der Waals surface area (Å²) in [5, 5.41) is 13.8. The number of nitrogens with zero attached hydrogens (tertiary/aromatic N) is 7. The van der Waals surface area contributed by atoms with Crippen LogP contribution in [0.15, 0.2) is 146 Å². The highest BCUT2D eigenvalue weighted by Gasteiger charge is 2.42. The normalized spacial score (nSPS) is 11.3. The largest absolute Gasteiger partial charge is 0.462 e. The number of benzene rings is 5. The predicted octanol–water partition coefficient (Wildman–Crippen LogP) is 8.15. The number of carbonyl (C=O) groups excluding carboxylic acids is 1. The first-order chi connectivity index (χ1) is 25.5. The molecule has 258 valence electrons. The number of hydrogen-bond acceptors (Lipinski definition) is 8. The molecule has 0 saturated carbocycles. The number of ether oxygens (including phenoxy) is 1. The second-order valence-corrected chi connectivity index (χ2v) is 12.4. The third kappa shape index (κ3) is 6.44. The van der Waals surface area contributed by atoms with Gasteiger partial charge in [0.05, 0.1) is 6.61 Å². The number of tetrazole rings is 1. The maximum Gasteiger partial charge on any atom is 0.343 e. The van der Waals surface area contributed by atoms with Gasteiger partial charge >= 0.3 is 5.97 Å². The summed E-state index contributed by atoms with van der Waals surface area (Å²) in [7, 11) is 0. The lowest BCUT2D eigenvalue weighted by Crippen LogP contribution is -2.39. The smallest absolute Gasteiger partial charge is 0.343 e. The zero-order valence-corrected chi connectivity index (χ0v) is 29.4. The topological polar surface area (TPSA) is 98.9 Å². The van der Waals surface area contributed by atoms with E-state index < -0.39 is 11.5 Å². The van der Waals surface area contributed by atoms with Gasteiger partial charge in [-0.05, 0) is 64.6 Å². The molecule has 0 radical (unpaired) electrons. The molecule has 0 bridgehead atoms. The summed E-state index contributed by atoms with van der Waals surface area (Å²) in [6.07, 6.45) is 1.55. The molecule has 0 amide bonds. The van der Waals surface area contributed by atoms with Crippen LogP contribution < -0.4 is 4.90 Å². The fourth-order valence-corrected chi connectivity index (χ4v) is 6.81. The molecule has 5 aromatic carbocycles. The van der Waals surface area contributed by atoms with E-state index in [1.807, 2.05) is 48.9 Å². The maximum atomic E-state index is 12.8. The second kappa shape index (κ2) is 15.2. The summed E-state index contributed by atoms with van der Waals surface area (Å²) in [4.78, 5) is 23.7. The molecule has 9 nitrogen and oxygen atoms in total. The first-order valence-corrected chi connectivity index (χ1v) is 17.4. The van der Waals surface area contributed by atoms with Crippen molar-refractivity contribution in [2.45, 2.75) is 32.9 Å². The van der Waals surface area contributed by atoms with E-state index in [2.05, 4.69) is 129 Å². The van der Waals surface area contributed by atoms with Crippen LogP contribution in [0.3, 0.4) is 0 Å². The van der Waals surface area contributed by atoms with Crippen LogP contribution in [-0.2, 0) is 16.8 Å². The molecule has 0 aliphatic heterocycles. The third-order valence-electron chi connectivity index (χ3n) is 9.23. The van der Waals surface area contributed by atoms with E-state index >= 15 is 0 Å². The molecular weight excluding hydrogens is 647 g/mol. The van der Waals surface area contributed by atoms with Gasteiger partial charge in [0, 0.05) is 24.8 Å². The van der Waals surface area contributed by atoms with Crippen molar-refractivity contribution in [1.82, 2.24) is 30.2 Å². The van der Waals surface area contributed by atoms with Crippen LogP contribution in [0.4, 0.5) is 5.82 Å². The van der Waals surface area contributed by atoms with Gasteiger partial charge in [0.2, 0.25) is 0 Å². The zero-order chi connectivity index (χ0) is 35.9. The highest BCUT2D eigenvalue weighted by atomic mass is 16.5. The van der Waals surface area contributed by atoms with Crippen LogP contribution in [0.1, 0.15) is 52.3 Å².